The van der Waals surface area contributed by atoms with Crippen molar-refractivity contribution in [2.75, 3.05) is 11.9 Å². The number of halogens is 1. The van der Waals surface area contributed by atoms with Gasteiger partial charge in [-0.3, -0.25) is 4.79 Å². The number of hydrogen-bond donors (Lipinski definition) is 2. The van der Waals surface area contributed by atoms with E-state index in [-0.39, 0.29) is 11.9 Å². The van der Waals surface area contributed by atoms with E-state index >= 15 is 0 Å². The largest absolute Gasteiger partial charge is 0.358 e. The first-order valence-electron chi connectivity index (χ1n) is 6.56. The molecule has 0 saturated heterocycles. The molecular weight excluding hydrogens is 264 g/mol. The standard InChI is InChI=1S/C13H21ClN4O/c1-5-7-15-13(19)9(4)16-12-8(3)11(14)17-10(6-2)18-12/h9H,5-7H2,1-4H3,(H,15,19)(H,16,17,18). The Balaban J connectivity index is 2.81. The van der Waals surface area contributed by atoms with E-state index in [0.717, 1.165) is 12.0 Å². The number of carbonyl (C=O) groups excluding carboxylic acids is 1. The molecule has 1 atom stereocenters. The predicted octanol–water partition coefficient (Wildman–Crippen LogP) is 2.33. The first kappa shape index (κ1) is 15.7. The van der Waals surface area contributed by atoms with Crippen molar-refractivity contribution >= 4 is 23.3 Å². The molecule has 19 heavy (non-hydrogen) atoms. The number of hydrogen-bond acceptors (Lipinski definition) is 4. The van der Waals surface area contributed by atoms with Crippen molar-refractivity contribution in [2.45, 2.75) is 46.6 Å². The second-order valence-corrected chi connectivity index (χ2v) is 4.77. The monoisotopic (exact) mass is 284 g/mol. The van der Waals surface area contributed by atoms with Gasteiger partial charge in [-0.15, -0.1) is 0 Å². The molecule has 0 aliphatic rings. The van der Waals surface area contributed by atoms with Gasteiger partial charge in [0, 0.05) is 18.5 Å². The summed E-state index contributed by atoms with van der Waals surface area (Å²) in [6.07, 6.45) is 1.61. The second-order valence-electron chi connectivity index (χ2n) is 4.41. The normalized spacial score (nSPS) is 12.1. The minimum atomic E-state index is -0.360. The van der Waals surface area contributed by atoms with E-state index in [1.807, 2.05) is 20.8 Å². The molecule has 0 saturated carbocycles. The molecule has 0 fully saturated rings. The van der Waals surface area contributed by atoms with Crippen molar-refractivity contribution in [3.8, 4) is 0 Å². The lowest BCUT2D eigenvalue weighted by Gasteiger charge is -2.16. The smallest absolute Gasteiger partial charge is 0.242 e. The highest BCUT2D eigenvalue weighted by molar-refractivity contribution is 6.30. The molecule has 106 valence electrons. The Kier molecular flexibility index (Phi) is 6.02. The molecule has 0 aliphatic heterocycles. The fourth-order valence-electron chi connectivity index (χ4n) is 1.50. The molecule has 0 spiro atoms. The molecule has 1 rings (SSSR count). The molecule has 0 radical (unpaired) electrons. The van der Waals surface area contributed by atoms with E-state index in [9.17, 15) is 4.79 Å². The van der Waals surface area contributed by atoms with E-state index in [4.69, 9.17) is 11.6 Å². The van der Waals surface area contributed by atoms with Crippen LogP contribution >= 0.6 is 11.6 Å². The third-order valence-corrected chi connectivity index (χ3v) is 3.11. The van der Waals surface area contributed by atoms with Crippen LogP contribution in [-0.4, -0.2) is 28.5 Å². The van der Waals surface area contributed by atoms with Crippen molar-refractivity contribution in [3.05, 3.63) is 16.5 Å². The molecule has 6 heteroatoms. The number of aryl methyl sites for hydroxylation is 1. The van der Waals surface area contributed by atoms with Gasteiger partial charge in [-0.2, -0.15) is 0 Å². The number of carbonyl (C=O) groups is 1. The highest BCUT2D eigenvalue weighted by atomic mass is 35.5. The van der Waals surface area contributed by atoms with Crippen LogP contribution < -0.4 is 10.6 Å². The molecule has 0 aliphatic carbocycles. The number of aromatic nitrogens is 2. The van der Waals surface area contributed by atoms with Crippen LogP contribution in [0.25, 0.3) is 0 Å². The maximum absolute atomic E-state index is 11.8. The number of amides is 1. The van der Waals surface area contributed by atoms with Crippen molar-refractivity contribution in [3.63, 3.8) is 0 Å². The van der Waals surface area contributed by atoms with Crippen molar-refractivity contribution < 1.29 is 4.79 Å². The summed E-state index contributed by atoms with van der Waals surface area (Å²) in [5, 5.41) is 6.35. The first-order valence-corrected chi connectivity index (χ1v) is 6.94. The summed E-state index contributed by atoms with van der Waals surface area (Å²) in [5.41, 5.74) is 0.758. The Labute approximate surface area is 119 Å². The lowest BCUT2D eigenvalue weighted by molar-refractivity contribution is -0.121. The molecular formula is C13H21ClN4O. The fourth-order valence-corrected chi connectivity index (χ4v) is 1.69. The lowest BCUT2D eigenvalue weighted by Crippen LogP contribution is -2.38. The van der Waals surface area contributed by atoms with Crippen LogP contribution in [0.4, 0.5) is 5.82 Å². The second kappa shape index (κ2) is 7.28. The fraction of sp³-hybridized carbons (Fsp3) is 0.615. The van der Waals surface area contributed by atoms with Crippen molar-refractivity contribution in [1.82, 2.24) is 15.3 Å². The van der Waals surface area contributed by atoms with Gasteiger partial charge in [0.05, 0.1) is 0 Å². The Morgan fingerprint density at radius 3 is 2.63 bits per heavy atom. The number of nitrogens with one attached hydrogen (secondary N) is 2. The molecule has 1 aromatic rings. The van der Waals surface area contributed by atoms with Gasteiger partial charge in [0.2, 0.25) is 5.91 Å². The minimum Gasteiger partial charge on any atom is -0.358 e. The summed E-state index contributed by atoms with van der Waals surface area (Å²) < 4.78 is 0. The molecule has 2 N–H and O–H groups in total. The Morgan fingerprint density at radius 2 is 2.05 bits per heavy atom. The average molecular weight is 285 g/mol. The topological polar surface area (TPSA) is 66.9 Å². The van der Waals surface area contributed by atoms with Gasteiger partial charge in [-0.05, 0) is 20.3 Å². The number of rotatable bonds is 6. The Bertz CT molecular complexity index is 451. The van der Waals surface area contributed by atoms with Crippen LogP contribution in [-0.2, 0) is 11.2 Å². The first-order chi connectivity index (χ1) is 8.99. The van der Waals surface area contributed by atoms with Gasteiger partial charge in [-0.25, -0.2) is 9.97 Å². The molecule has 1 heterocycles. The van der Waals surface area contributed by atoms with Crippen molar-refractivity contribution in [1.29, 1.82) is 0 Å². The zero-order chi connectivity index (χ0) is 14.4. The summed E-state index contributed by atoms with van der Waals surface area (Å²) in [4.78, 5) is 20.3. The zero-order valence-corrected chi connectivity index (χ0v) is 12.6. The molecule has 1 aromatic heterocycles. The zero-order valence-electron chi connectivity index (χ0n) is 11.9. The lowest BCUT2D eigenvalue weighted by atomic mass is 10.2. The van der Waals surface area contributed by atoms with Crippen LogP contribution in [0.1, 0.15) is 38.6 Å². The molecule has 1 amide bonds. The third-order valence-electron chi connectivity index (χ3n) is 2.74. The van der Waals surface area contributed by atoms with E-state index in [1.165, 1.54) is 0 Å². The maximum atomic E-state index is 11.8. The Hall–Kier alpha value is -1.36. The van der Waals surface area contributed by atoms with E-state index in [0.29, 0.717) is 29.8 Å². The molecule has 5 nitrogen and oxygen atoms in total. The van der Waals surface area contributed by atoms with Crippen LogP contribution in [0.3, 0.4) is 0 Å². The predicted molar refractivity (Wildman–Crippen MR) is 77.5 cm³/mol. The van der Waals surface area contributed by atoms with E-state index in [2.05, 4.69) is 20.6 Å². The highest BCUT2D eigenvalue weighted by Gasteiger charge is 2.15. The summed E-state index contributed by atoms with van der Waals surface area (Å²) in [6.45, 7) is 8.28. The minimum absolute atomic E-state index is 0.0472. The summed E-state index contributed by atoms with van der Waals surface area (Å²) >= 11 is 6.05. The summed E-state index contributed by atoms with van der Waals surface area (Å²) in [5.74, 6) is 1.24. The maximum Gasteiger partial charge on any atom is 0.242 e. The average Bonchev–Trinajstić information content (AvgIpc) is 2.40. The molecule has 0 bridgehead atoms. The third kappa shape index (κ3) is 4.35. The van der Waals surface area contributed by atoms with Gasteiger partial charge in [0.25, 0.3) is 0 Å². The molecule has 1 unspecified atom stereocenters. The summed E-state index contributed by atoms with van der Waals surface area (Å²) in [6, 6.07) is -0.360. The Morgan fingerprint density at radius 1 is 1.37 bits per heavy atom. The van der Waals surface area contributed by atoms with Gasteiger partial charge in [0.1, 0.15) is 22.8 Å². The van der Waals surface area contributed by atoms with Gasteiger partial charge < -0.3 is 10.6 Å². The van der Waals surface area contributed by atoms with Crippen LogP contribution in [0, 0.1) is 6.92 Å². The SMILES string of the molecule is CCCNC(=O)C(C)Nc1nc(CC)nc(Cl)c1C. The highest BCUT2D eigenvalue weighted by Crippen LogP contribution is 2.20. The van der Waals surface area contributed by atoms with Crippen molar-refractivity contribution in [2.24, 2.45) is 0 Å². The van der Waals surface area contributed by atoms with Crippen LogP contribution in [0.15, 0.2) is 0 Å². The molecule has 0 aromatic carbocycles. The van der Waals surface area contributed by atoms with Gasteiger partial charge >= 0.3 is 0 Å². The van der Waals surface area contributed by atoms with E-state index in [1.54, 1.807) is 6.92 Å². The van der Waals surface area contributed by atoms with Gasteiger partial charge in [0.15, 0.2) is 0 Å². The van der Waals surface area contributed by atoms with Crippen LogP contribution in [0.2, 0.25) is 5.15 Å². The van der Waals surface area contributed by atoms with E-state index < -0.39 is 0 Å². The summed E-state index contributed by atoms with van der Waals surface area (Å²) in [7, 11) is 0. The number of anilines is 1. The van der Waals surface area contributed by atoms with Crippen LogP contribution in [0.5, 0.6) is 0 Å². The van der Waals surface area contributed by atoms with Gasteiger partial charge in [-0.1, -0.05) is 25.4 Å². The quantitative estimate of drug-likeness (QED) is 0.787. The number of nitrogens with zero attached hydrogens (tertiary/aromatic N) is 2.